The Morgan fingerprint density at radius 2 is 1.42 bits per heavy atom. The molecule has 0 saturated carbocycles. The molecule has 0 aliphatic carbocycles. The molecule has 0 aromatic carbocycles. The maximum Gasteiger partial charge on any atom is 0.0649 e. The van der Waals surface area contributed by atoms with Crippen molar-refractivity contribution >= 4 is 0 Å². The molecule has 0 bridgehead atoms. The lowest BCUT2D eigenvalue weighted by atomic mass is 9.90. The Labute approximate surface area is 74.0 Å². The first-order valence-electron chi connectivity index (χ1n) is 4.42. The number of rotatable bonds is 7. The predicted molar refractivity (Wildman–Crippen MR) is 47.6 cm³/mol. The summed E-state index contributed by atoms with van der Waals surface area (Å²) in [5.74, 6) is 0. The molecule has 0 aromatic heterocycles. The van der Waals surface area contributed by atoms with Gasteiger partial charge in [0.05, 0.1) is 5.60 Å². The maximum absolute atomic E-state index is 9.80. The van der Waals surface area contributed by atoms with Crippen molar-refractivity contribution in [3.8, 4) is 0 Å². The van der Waals surface area contributed by atoms with Crippen LogP contribution in [0.4, 0.5) is 0 Å². The van der Waals surface area contributed by atoms with E-state index in [1.807, 2.05) is 0 Å². The molecule has 0 saturated heterocycles. The molecule has 3 N–H and O–H groups in total. The minimum Gasteiger partial charge on any atom is -0.396 e. The van der Waals surface area contributed by atoms with Crippen molar-refractivity contribution < 1.29 is 15.3 Å². The van der Waals surface area contributed by atoms with E-state index in [9.17, 15) is 5.11 Å². The minimum absolute atomic E-state index is 0.0986. The second-order valence-corrected chi connectivity index (χ2v) is 3.13. The van der Waals surface area contributed by atoms with Gasteiger partial charge in [0.25, 0.3) is 0 Å². The summed E-state index contributed by atoms with van der Waals surface area (Å²) in [6, 6.07) is 0. The van der Waals surface area contributed by atoms with Gasteiger partial charge in [-0.2, -0.15) is 0 Å². The summed E-state index contributed by atoms with van der Waals surface area (Å²) in [5, 5.41) is 26.9. The van der Waals surface area contributed by atoms with Gasteiger partial charge < -0.3 is 15.3 Å². The van der Waals surface area contributed by atoms with Crippen LogP contribution in [0.1, 0.15) is 32.1 Å². The molecule has 0 unspecified atom stereocenters. The Morgan fingerprint density at radius 3 is 1.67 bits per heavy atom. The van der Waals surface area contributed by atoms with Gasteiger partial charge in [0.1, 0.15) is 0 Å². The molecule has 0 rings (SSSR count). The third kappa shape index (κ3) is 4.70. The van der Waals surface area contributed by atoms with Crippen LogP contribution in [-0.4, -0.2) is 34.1 Å². The number of aliphatic hydroxyl groups excluding tert-OH is 2. The summed E-state index contributed by atoms with van der Waals surface area (Å²) in [5.41, 5.74) is -0.786. The molecule has 1 radical (unpaired) electrons. The molecular formula is C9H19O3. The van der Waals surface area contributed by atoms with Crippen LogP contribution in [0.15, 0.2) is 0 Å². The predicted octanol–water partition coefficient (Wildman–Crippen LogP) is 0.487. The second-order valence-electron chi connectivity index (χ2n) is 3.13. The fourth-order valence-electron chi connectivity index (χ4n) is 1.19. The quantitative estimate of drug-likeness (QED) is 0.527. The maximum atomic E-state index is 9.80. The van der Waals surface area contributed by atoms with E-state index >= 15 is 0 Å². The van der Waals surface area contributed by atoms with E-state index in [0.717, 1.165) is 0 Å². The summed E-state index contributed by atoms with van der Waals surface area (Å²) < 4.78 is 0. The fraction of sp³-hybridized carbons (Fsp3) is 0.889. The van der Waals surface area contributed by atoms with Gasteiger partial charge in [0, 0.05) is 13.2 Å². The average Bonchev–Trinajstić information content (AvgIpc) is 2.11. The van der Waals surface area contributed by atoms with E-state index in [-0.39, 0.29) is 13.2 Å². The Bertz CT molecular complexity index is 95.9. The molecule has 3 heteroatoms. The van der Waals surface area contributed by atoms with Crippen molar-refractivity contribution in [3.05, 3.63) is 6.92 Å². The standard InChI is InChI=1S/C9H19O3/c1-2-9(12,5-3-7-10)6-4-8-11/h10-12H,1-8H2. The molecule has 3 nitrogen and oxygen atoms in total. The highest BCUT2D eigenvalue weighted by atomic mass is 16.3. The van der Waals surface area contributed by atoms with Gasteiger partial charge in [-0.1, -0.05) is 6.92 Å². The minimum atomic E-state index is -0.786. The van der Waals surface area contributed by atoms with Gasteiger partial charge in [0.15, 0.2) is 0 Å². The first kappa shape index (κ1) is 11.9. The largest absolute Gasteiger partial charge is 0.396 e. The third-order valence-electron chi connectivity index (χ3n) is 2.07. The van der Waals surface area contributed by atoms with Crippen LogP contribution in [0.25, 0.3) is 0 Å². The van der Waals surface area contributed by atoms with Crippen LogP contribution in [0.2, 0.25) is 0 Å². The van der Waals surface area contributed by atoms with Crippen molar-refractivity contribution in [1.82, 2.24) is 0 Å². The first-order chi connectivity index (χ1) is 5.68. The molecule has 0 aliphatic heterocycles. The Balaban J connectivity index is 3.70. The molecular weight excluding hydrogens is 156 g/mol. The normalized spacial score (nSPS) is 12.0. The summed E-state index contributed by atoms with van der Waals surface area (Å²) >= 11 is 0. The summed E-state index contributed by atoms with van der Waals surface area (Å²) in [6.45, 7) is 3.85. The highest BCUT2D eigenvalue weighted by Gasteiger charge is 2.22. The van der Waals surface area contributed by atoms with Crippen molar-refractivity contribution in [2.24, 2.45) is 0 Å². The first-order valence-corrected chi connectivity index (χ1v) is 4.42. The second kappa shape index (κ2) is 6.40. The van der Waals surface area contributed by atoms with E-state index in [1.165, 1.54) is 0 Å². The number of hydrogen-bond acceptors (Lipinski definition) is 3. The van der Waals surface area contributed by atoms with E-state index in [0.29, 0.717) is 32.1 Å². The zero-order valence-corrected chi connectivity index (χ0v) is 7.50. The molecule has 0 aliphatic rings. The molecule has 0 amide bonds. The van der Waals surface area contributed by atoms with Gasteiger partial charge in [-0.15, -0.1) is 0 Å². The van der Waals surface area contributed by atoms with Crippen molar-refractivity contribution in [2.75, 3.05) is 13.2 Å². The molecule has 0 spiro atoms. The number of hydrogen-bond donors (Lipinski definition) is 3. The highest BCUT2D eigenvalue weighted by Crippen LogP contribution is 2.22. The molecule has 0 heterocycles. The Hall–Kier alpha value is -0.120. The lowest BCUT2D eigenvalue weighted by Gasteiger charge is -2.26. The highest BCUT2D eigenvalue weighted by molar-refractivity contribution is 4.78. The summed E-state index contributed by atoms with van der Waals surface area (Å²) in [7, 11) is 0. The summed E-state index contributed by atoms with van der Waals surface area (Å²) in [6.07, 6.45) is 2.75. The fourth-order valence-corrected chi connectivity index (χ4v) is 1.19. The van der Waals surface area contributed by atoms with Crippen LogP contribution in [0, 0.1) is 6.92 Å². The van der Waals surface area contributed by atoms with Crippen LogP contribution in [0.5, 0.6) is 0 Å². The molecule has 0 aromatic rings. The van der Waals surface area contributed by atoms with Crippen LogP contribution < -0.4 is 0 Å². The van der Waals surface area contributed by atoms with Crippen molar-refractivity contribution in [2.45, 2.75) is 37.7 Å². The van der Waals surface area contributed by atoms with Crippen molar-refractivity contribution in [3.63, 3.8) is 0 Å². The Kier molecular flexibility index (Phi) is 6.34. The van der Waals surface area contributed by atoms with E-state index in [4.69, 9.17) is 10.2 Å². The molecule has 0 fully saturated rings. The smallest absolute Gasteiger partial charge is 0.0649 e. The van der Waals surface area contributed by atoms with E-state index in [1.54, 1.807) is 0 Å². The van der Waals surface area contributed by atoms with Crippen LogP contribution in [0.3, 0.4) is 0 Å². The van der Waals surface area contributed by atoms with Gasteiger partial charge in [-0.3, -0.25) is 0 Å². The van der Waals surface area contributed by atoms with E-state index < -0.39 is 5.60 Å². The zero-order chi connectivity index (χ0) is 9.45. The lowest BCUT2D eigenvalue weighted by molar-refractivity contribution is 0.0130. The van der Waals surface area contributed by atoms with E-state index in [2.05, 4.69) is 6.92 Å². The van der Waals surface area contributed by atoms with Gasteiger partial charge in [-0.25, -0.2) is 0 Å². The topological polar surface area (TPSA) is 60.7 Å². The molecule has 0 atom stereocenters. The average molecular weight is 175 g/mol. The Morgan fingerprint density at radius 1 is 1.00 bits per heavy atom. The third-order valence-corrected chi connectivity index (χ3v) is 2.07. The lowest BCUT2D eigenvalue weighted by Crippen LogP contribution is -2.28. The van der Waals surface area contributed by atoms with Gasteiger partial charge in [-0.05, 0) is 32.1 Å². The monoisotopic (exact) mass is 175 g/mol. The SMILES string of the molecule is [CH2]CC(O)(CCCO)CCCO. The molecule has 73 valence electrons. The van der Waals surface area contributed by atoms with Gasteiger partial charge in [0.2, 0.25) is 0 Å². The molecule has 12 heavy (non-hydrogen) atoms. The van der Waals surface area contributed by atoms with Crippen LogP contribution >= 0.6 is 0 Å². The number of aliphatic hydroxyl groups is 3. The van der Waals surface area contributed by atoms with Crippen LogP contribution in [-0.2, 0) is 0 Å². The van der Waals surface area contributed by atoms with Crippen molar-refractivity contribution in [1.29, 1.82) is 0 Å². The van der Waals surface area contributed by atoms with Gasteiger partial charge >= 0.3 is 0 Å². The summed E-state index contributed by atoms with van der Waals surface area (Å²) in [4.78, 5) is 0. The zero-order valence-electron chi connectivity index (χ0n) is 7.50.